The molecular formula is C14H21NOS. The van der Waals surface area contributed by atoms with Crippen molar-refractivity contribution in [2.75, 3.05) is 0 Å². The molecule has 0 spiro atoms. The summed E-state index contributed by atoms with van der Waals surface area (Å²) in [6.07, 6.45) is 6.17. The lowest BCUT2D eigenvalue weighted by Gasteiger charge is -2.19. The van der Waals surface area contributed by atoms with Gasteiger partial charge in [0.25, 0.3) is 5.91 Å². The second-order valence-corrected chi connectivity index (χ2v) is 6.96. The number of amides is 1. The first-order chi connectivity index (χ1) is 7.96. The second kappa shape index (κ2) is 4.81. The number of hydrogen-bond donors (Lipinski definition) is 1. The third-order valence-electron chi connectivity index (χ3n) is 2.96. The van der Waals surface area contributed by atoms with E-state index in [4.69, 9.17) is 0 Å². The van der Waals surface area contributed by atoms with E-state index < -0.39 is 0 Å². The molecule has 0 saturated heterocycles. The van der Waals surface area contributed by atoms with Crippen LogP contribution in [0.25, 0.3) is 0 Å². The van der Waals surface area contributed by atoms with Gasteiger partial charge in [-0.3, -0.25) is 4.79 Å². The maximum absolute atomic E-state index is 12.1. The zero-order valence-corrected chi connectivity index (χ0v) is 11.7. The van der Waals surface area contributed by atoms with Crippen LogP contribution >= 0.6 is 11.3 Å². The topological polar surface area (TPSA) is 29.1 Å². The van der Waals surface area contributed by atoms with Crippen molar-refractivity contribution < 1.29 is 4.79 Å². The van der Waals surface area contributed by atoms with Crippen molar-refractivity contribution in [2.24, 2.45) is 0 Å². The van der Waals surface area contributed by atoms with E-state index in [-0.39, 0.29) is 11.4 Å². The summed E-state index contributed by atoms with van der Waals surface area (Å²) in [4.78, 5) is 14.4. The van der Waals surface area contributed by atoms with E-state index in [2.05, 4.69) is 11.4 Å². The van der Waals surface area contributed by atoms with E-state index in [9.17, 15) is 4.79 Å². The average Bonchev–Trinajstić information content (AvgIpc) is 2.48. The molecule has 17 heavy (non-hydrogen) atoms. The predicted octanol–water partition coefficient (Wildman–Crippen LogP) is 3.55. The van der Waals surface area contributed by atoms with Crippen LogP contribution in [0.3, 0.4) is 0 Å². The molecule has 0 fully saturated rings. The van der Waals surface area contributed by atoms with Crippen molar-refractivity contribution in [2.45, 2.75) is 58.4 Å². The van der Waals surface area contributed by atoms with Gasteiger partial charge in [-0.1, -0.05) is 6.42 Å². The molecule has 0 aromatic carbocycles. The van der Waals surface area contributed by atoms with Gasteiger partial charge >= 0.3 is 0 Å². The molecule has 0 aliphatic heterocycles. The highest BCUT2D eigenvalue weighted by Gasteiger charge is 2.19. The number of hydrogen-bond acceptors (Lipinski definition) is 2. The molecule has 0 radical (unpaired) electrons. The number of carbonyl (C=O) groups is 1. The quantitative estimate of drug-likeness (QED) is 0.760. The van der Waals surface area contributed by atoms with Gasteiger partial charge in [0.15, 0.2) is 0 Å². The van der Waals surface area contributed by atoms with Crippen molar-refractivity contribution in [1.29, 1.82) is 0 Å². The minimum absolute atomic E-state index is 0.0792. The van der Waals surface area contributed by atoms with Crippen molar-refractivity contribution in [3.05, 3.63) is 21.4 Å². The minimum Gasteiger partial charge on any atom is -0.347 e. The molecule has 0 unspecified atom stereocenters. The Morgan fingerprint density at radius 1 is 1.24 bits per heavy atom. The maximum Gasteiger partial charge on any atom is 0.261 e. The molecular weight excluding hydrogens is 230 g/mol. The molecule has 2 rings (SSSR count). The molecule has 0 saturated carbocycles. The Morgan fingerprint density at radius 2 is 1.94 bits per heavy atom. The third-order valence-corrected chi connectivity index (χ3v) is 4.19. The Balaban J connectivity index is 2.15. The summed E-state index contributed by atoms with van der Waals surface area (Å²) in [5, 5.41) is 3.03. The molecule has 3 heteroatoms. The standard InChI is InChI=1S/C14H21NOS/c1-14(2,3)15-13(16)12-9-10-7-5-4-6-8-11(10)17-12/h9H,4-8H2,1-3H3,(H,15,16). The zero-order valence-electron chi connectivity index (χ0n) is 10.9. The summed E-state index contributed by atoms with van der Waals surface area (Å²) in [6.45, 7) is 6.05. The lowest BCUT2D eigenvalue weighted by molar-refractivity contribution is 0.0923. The fraction of sp³-hybridized carbons (Fsp3) is 0.643. The van der Waals surface area contributed by atoms with Gasteiger partial charge in [0.1, 0.15) is 0 Å². The Labute approximate surface area is 107 Å². The van der Waals surface area contributed by atoms with Gasteiger partial charge in [0.2, 0.25) is 0 Å². The molecule has 1 aromatic rings. The lowest BCUT2D eigenvalue weighted by Crippen LogP contribution is -2.40. The fourth-order valence-electron chi connectivity index (χ4n) is 2.18. The molecule has 1 aromatic heterocycles. The Morgan fingerprint density at radius 3 is 2.65 bits per heavy atom. The van der Waals surface area contributed by atoms with Gasteiger partial charge < -0.3 is 5.32 Å². The number of fused-ring (bicyclic) bond motifs is 1. The molecule has 1 N–H and O–H groups in total. The van der Waals surface area contributed by atoms with Crippen LogP contribution in [0.15, 0.2) is 6.07 Å². The van der Waals surface area contributed by atoms with Crippen LogP contribution in [0.5, 0.6) is 0 Å². The highest BCUT2D eigenvalue weighted by Crippen LogP contribution is 2.29. The van der Waals surface area contributed by atoms with E-state index >= 15 is 0 Å². The van der Waals surface area contributed by atoms with Gasteiger partial charge in [0, 0.05) is 10.4 Å². The monoisotopic (exact) mass is 251 g/mol. The van der Waals surface area contributed by atoms with E-state index in [1.165, 1.54) is 29.7 Å². The van der Waals surface area contributed by atoms with Crippen LogP contribution in [-0.2, 0) is 12.8 Å². The second-order valence-electron chi connectivity index (χ2n) is 5.82. The molecule has 1 aliphatic carbocycles. The van der Waals surface area contributed by atoms with Crippen LogP contribution in [0.2, 0.25) is 0 Å². The van der Waals surface area contributed by atoms with Gasteiger partial charge in [-0.05, 0) is 58.1 Å². The van der Waals surface area contributed by atoms with Crippen molar-refractivity contribution >= 4 is 17.2 Å². The molecule has 94 valence electrons. The Hall–Kier alpha value is -0.830. The summed E-state index contributed by atoms with van der Waals surface area (Å²) in [6, 6.07) is 2.10. The SMILES string of the molecule is CC(C)(C)NC(=O)c1cc2c(s1)CCCCC2. The maximum atomic E-state index is 12.1. The summed E-state index contributed by atoms with van der Waals surface area (Å²) in [5.74, 6) is 0.0792. The van der Waals surface area contributed by atoms with E-state index in [1.807, 2.05) is 20.8 Å². The lowest BCUT2D eigenvalue weighted by atomic mass is 10.1. The highest BCUT2D eigenvalue weighted by molar-refractivity contribution is 7.14. The normalized spacial score (nSPS) is 16.2. The predicted molar refractivity (Wildman–Crippen MR) is 72.8 cm³/mol. The first-order valence-corrected chi connectivity index (χ1v) is 7.21. The van der Waals surface area contributed by atoms with E-state index in [0.717, 1.165) is 17.7 Å². The number of thiophene rings is 1. The van der Waals surface area contributed by atoms with Crippen LogP contribution in [0.1, 0.15) is 60.1 Å². The number of nitrogens with one attached hydrogen (secondary N) is 1. The van der Waals surface area contributed by atoms with Crippen LogP contribution < -0.4 is 5.32 Å². The summed E-state index contributed by atoms with van der Waals surface area (Å²) in [5.41, 5.74) is 1.25. The van der Waals surface area contributed by atoms with E-state index in [0.29, 0.717) is 0 Å². The average molecular weight is 251 g/mol. The fourth-order valence-corrected chi connectivity index (χ4v) is 3.33. The summed E-state index contributed by atoms with van der Waals surface area (Å²) < 4.78 is 0. The van der Waals surface area contributed by atoms with Gasteiger partial charge in [-0.2, -0.15) is 0 Å². The molecule has 2 nitrogen and oxygen atoms in total. The largest absolute Gasteiger partial charge is 0.347 e. The summed E-state index contributed by atoms with van der Waals surface area (Å²) >= 11 is 1.69. The first-order valence-electron chi connectivity index (χ1n) is 6.40. The molecule has 0 atom stereocenters. The van der Waals surface area contributed by atoms with Crippen LogP contribution in [0.4, 0.5) is 0 Å². The minimum atomic E-state index is -0.154. The molecule has 1 heterocycles. The van der Waals surface area contributed by atoms with Gasteiger partial charge in [0.05, 0.1) is 4.88 Å². The van der Waals surface area contributed by atoms with Crippen LogP contribution in [-0.4, -0.2) is 11.4 Å². The van der Waals surface area contributed by atoms with Gasteiger partial charge in [-0.15, -0.1) is 11.3 Å². The van der Waals surface area contributed by atoms with Gasteiger partial charge in [-0.25, -0.2) is 0 Å². The Bertz CT molecular complexity index is 391. The van der Waals surface area contributed by atoms with Crippen molar-refractivity contribution in [1.82, 2.24) is 5.32 Å². The first kappa shape index (κ1) is 12.6. The molecule has 1 aliphatic rings. The van der Waals surface area contributed by atoms with Crippen molar-refractivity contribution in [3.63, 3.8) is 0 Å². The summed E-state index contributed by atoms with van der Waals surface area (Å²) in [7, 11) is 0. The number of aryl methyl sites for hydroxylation is 2. The third kappa shape index (κ3) is 3.32. The van der Waals surface area contributed by atoms with Crippen LogP contribution in [0, 0.1) is 0 Å². The van der Waals surface area contributed by atoms with E-state index in [1.54, 1.807) is 11.3 Å². The smallest absolute Gasteiger partial charge is 0.261 e. The number of rotatable bonds is 1. The molecule has 1 amide bonds. The number of carbonyl (C=O) groups excluding carboxylic acids is 1. The Kier molecular flexibility index (Phi) is 3.57. The zero-order chi connectivity index (χ0) is 12.5. The molecule has 0 bridgehead atoms. The highest BCUT2D eigenvalue weighted by atomic mass is 32.1. The van der Waals surface area contributed by atoms with Crippen molar-refractivity contribution in [3.8, 4) is 0 Å².